The van der Waals surface area contributed by atoms with Crippen molar-refractivity contribution in [1.29, 1.82) is 0 Å². The van der Waals surface area contributed by atoms with Crippen molar-refractivity contribution in [2.75, 3.05) is 26.9 Å². The topological polar surface area (TPSA) is 38.8 Å². The van der Waals surface area contributed by atoms with Gasteiger partial charge < -0.3 is 14.4 Å². The zero-order chi connectivity index (χ0) is 16.8. The van der Waals surface area contributed by atoms with Gasteiger partial charge in [0.15, 0.2) is 0 Å². The van der Waals surface area contributed by atoms with Crippen LogP contribution in [0.5, 0.6) is 5.75 Å². The number of hydrogen-bond acceptors (Lipinski definition) is 3. The zero-order valence-electron chi connectivity index (χ0n) is 13.2. The number of carbonyl (C=O) groups is 1. The summed E-state index contributed by atoms with van der Waals surface area (Å²) in [4.78, 5) is 12.7. The van der Waals surface area contributed by atoms with E-state index in [0.29, 0.717) is 36.6 Å². The van der Waals surface area contributed by atoms with E-state index >= 15 is 0 Å². The van der Waals surface area contributed by atoms with Gasteiger partial charge in [-0.25, -0.2) is 14.9 Å². The van der Waals surface area contributed by atoms with Gasteiger partial charge in [-0.05, 0) is 12.1 Å². The molecule has 24 heavy (non-hydrogen) atoms. The molecule has 0 aromatic heterocycles. The van der Waals surface area contributed by atoms with Gasteiger partial charge in [0.1, 0.15) is 12.4 Å². The zero-order valence-corrected chi connectivity index (χ0v) is 17.6. The van der Waals surface area contributed by atoms with E-state index in [1.54, 1.807) is 31.4 Å². The molecule has 0 fully saturated rings. The van der Waals surface area contributed by atoms with E-state index in [-0.39, 0.29) is 38.6 Å². The maximum Gasteiger partial charge on any atom is 0.256 e. The number of halogens is 3. The van der Waals surface area contributed by atoms with Crippen LogP contribution in [-0.4, -0.2) is 48.9 Å². The van der Waals surface area contributed by atoms with E-state index in [0.717, 1.165) is 4.90 Å². The Morgan fingerprint density at radius 2 is 2.00 bits per heavy atom. The molecule has 1 aliphatic rings. The molecule has 129 valence electrons. The summed E-state index contributed by atoms with van der Waals surface area (Å²) in [6.45, 7) is 0.255. The number of allylic oxidation sites excluding steroid dienone is 1. The minimum Gasteiger partial charge on any atom is -0.491 e. The molecule has 0 aliphatic carbocycles. The average Bonchev–Trinajstić information content (AvgIpc) is 2.53. The third-order valence-corrected chi connectivity index (χ3v) is 3.97. The summed E-state index contributed by atoms with van der Waals surface area (Å²) in [5.41, 5.74) is 1.03. The first-order valence-corrected chi connectivity index (χ1v) is 8.01. The van der Waals surface area contributed by atoms with E-state index < -0.39 is 17.8 Å². The van der Waals surface area contributed by atoms with Gasteiger partial charge in [-0.3, -0.25) is 4.79 Å². The summed E-state index contributed by atoms with van der Waals surface area (Å²) in [5, 5.41) is 0. The molecule has 8 heteroatoms. The summed E-state index contributed by atoms with van der Waals surface area (Å²) in [6.07, 6.45) is 0.764. The Labute approximate surface area is 173 Å². The number of carbonyl (C=O) groups excluding carboxylic acids is 1. The maximum absolute atomic E-state index is 12.8. The predicted octanol–water partition coefficient (Wildman–Crippen LogP) is 3.11. The Morgan fingerprint density at radius 1 is 1.33 bits per heavy atom. The van der Waals surface area contributed by atoms with Crippen LogP contribution in [0.25, 0.3) is 5.70 Å². The molecule has 0 bridgehead atoms. The summed E-state index contributed by atoms with van der Waals surface area (Å²) >= 11 is 3.19. The Bertz CT molecular complexity index is 569. The molecule has 0 saturated carbocycles. The van der Waals surface area contributed by atoms with Crippen LogP contribution in [0.1, 0.15) is 12.0 Å². The average molecular weight is 478 g/mol. The minimum absolute atomic E-state index is 0. The largest absolute Gasteiger partial charge is 0.491 e. The van der Waals surface area contributed by atoms with Crippen LogP contribution in [0.2, 0.25) is 0 Å². The van der Waals surface area contributed by atoms with Crippen molar-refractivity contribution < 1.29 is 55.8 Å². The van der Waals surface area contributed by atoms with Gasteiger partial charge in [0.05, 0.1) is 18.0 Å². The molecule has 2 rings (SSSR count). The Morgan fingerprint density at radius 3 is 2.58 bits per heavy atom. The van der Waals surface area contributed by atoms with Crippen LogP contribution in [0, 0.1) is 6.08 Å². The number of methoxy groups -OCH3 is 1. The monoisotopic (exact) mass is 477 g/mol. The van der Waals surface area contributed by atoms with Gasteiger partial charge in [0.2, 0.25) is 5.91 Å². The molecule has 1 amide bonds. The van der Waals surface area contributed by atoms with Crippen molar-refractivity contribution in [2.45, 2.75) is 17.7 Å². The second-order valence-electron chi connectivity index (χ2n) is 4.90. The van der Waals surface area contributed by atoms with E-state index in [1.807, 2.05) is 0 Å². The maximum atomic E-state index is 12.8. The minimum atomic E-state index is -2.61. The molecule has 1 heterocycles. The van der Waals surface area contributed by atoms with Gasteiger partial charge in [-0.2, -0.15) is 5.56 Å². The fourth-order valence-electron chi connectivity index (χ4n) is 2.18. The van der Waals surface area contributed by atoms with Crippen LogP contribution in [0.3, 0.4) is 0 Å². The molecule has 0 saturated heterocycles. The number of ether oxygens (including phenoxy) is 2. The van der Waals surface area contributed by atoms with Crippen LogP contribution in [-0.2, 0) is 42.2 Å². The van der Waals surface area contributed by atoms with Gasteiger partial charge in [0, 0.05) is 39.8 Å². The van der Waals surface area contributed by atoms with E-state index in [1.165, 1.54) is 0 Å². The predicted molar refractivity (Wildman–Crippen MR) is 85.5 cm³/mol. The first-order valence-electron chi connectivity index (χ1n) is 7.09. The summed E-state index contributed by atoms with van der Waals surface area (Å²) < 4.78 is 35.9. The Balaban J connectivity index is 0.00000288. The third-order valence-electron chi connectivity index (χ3n) is 3.26. The number of amides is 1. The van der Waals surface area contributed by atoms with Crippen molar-refractivity contribution in [2.24, 2.45) is 0 Å². The molecule has 0 spiro atoms. The second-order valence-corrected chi connectivity index (χ2v) is 6.01. The van der Waals surface area contributed by atoms with Gasteiger partial charge >= 0.3 is 0 Å². The van der Waals surface area contributed by atoms with Gasteiger partial charge in [-0.15, -0.1) is 17.8 Å². The number of nitrogens with zero attached hydrogens (tertiary/aromatic N) is 1. The van der Waals surface area contributed by atoms with Gasteiger partial charge in [0.25, 0.3) is 6.43 Å². The quantitative estimate of drug-likeness (QED) is 0.344. The number of hydrogen-bond donors (Lipinski definition) is 0. The Kier molecular flexibility index (Phi) is 9.56. The SMILES string of the molecule is COCCOc1ccc(C2=[C-]CC(Br)C(=O)N2CC(F)F)cc1.[Y]. The molecular formula is C16H17BrF2NO3Y-. The molecule has 1 radical (unpaired) electrons. The summed E-state index contributed by atoms with van der Waals surface area (Å²) in [6, 6.07) is 6.91. The molecule has 1 aromatic rings. The molecule has 1 unspecified atom stereocenters. The van der Waals surface area contributed by atoms with E-state index in [4.69, 9.17) is 9.47 Å². The van der Waals surface area contributed by atoms with Crippen LogP contribution in [0.4, 0.5) is 8.78 Å². The molecular weight excluding hydrogens is 461 g/mol. The van der Waals surface area contributed by atoms with Crippen molar-refractivity contribution >= 4 is 27.5 Å². The number of rotatable bonds is 7. The number of alkyl halides is 3. The number of benzene rings is 1. The molecule has 0 N–H and O–H groups in total. The molecule has 1 atom stereocenters. The van der Waals surface area contributed by atoms with Crippen molar-refractivity contribution in [3.63, 3.8) is 0 Å². The molecule has 1 aromatic carbocycles. The second kappa shape index (κ2) is 10.6. The van der Waals surface area contributed by atoms with Crippen molar-refractivity contribution in [1.82, 2.24) is 4.90 Å². The normalized spacial score (nSPS) is 17.5. The first-order chi connectivity index (χ1) is 11.0. The molecule has 1 aliphatic heterocycles. The fourth-order valence-corrected chi connectivity index (χ4v) is 2.59. The van der Waals surface area contributed by atoms with Gasteiger partial charge in [-0.1, -0.05) is 22.4 Å². The van der Waals surface area contributed by atoms with Crippen molar-refractivity contribution in [3.8, 4) is 5.75 Å². The smallest absolute Gasteiger partial charge is 0.256 e. The van der Waals surface area contributed by atoms with Crippen LogP contribution in [0.15, 0.2) is 24.3 Å². The van der Waals surface area contributed by atoms with E-state index in [9.17, 15) is 13.6 Å². The standard InChI is InChI=1S/C16H17BrF2NO3.Y/c1-22-8-9-23-12-4-2-11(3-5-12)14-7-6-13(17)16(21)20(14)10-15(18)19;/h2-5,13,15H,6,8-10H2,1H3;/q-1;. The summed E-state index contributed by atoms with van der Waals surface area (Å²) in [5.74, 6) is 0.270. The van der Waals surface area contributed by atoms with Crippen LogP contribution >= 0.6 is 15.9 Å². The fraction of sp³-hybridized carbons (Fsp3) is 0.438. The summed E-state index contributed by atoms with van der Waals surface area (Å²) in [7, 11) is 1.59. The molecule has 4 nitrogen and oxygen atoms in total. The van der Waals surface area contributed by atoms with E-state index in [2.05, 4.69) is 22.0 Å². The van der Waals surface area contributed by atoms with Crippen molar-refractivity contribution in [3.05, 3.63) is 35.9 Å². The Hall–Kier alpha value is -0.366. The third kappa shape index (κ3) is 5.86. The first kappa shape index (κ1) is 21.7. The van der Waals surface area contributed by atoms with Crippen LogP contribution < -0.4 is 4.74 Å².